The second-order valence-corrected chi connectivity index (χ2v) is 6.80. The molecule has 0 aliphatic rings. The molecule has 0 atom stereocenters. The highest BCUT2D eigenvalue weighted by atomic mass is 32.2. The summed E-state index contributed by atoms with van der Waals surface area (Å²) >= 11 is 0. The molecule has 0 bridgehead atoms. The number of hydrogen-bond donors (Lipinski definition) is 2. The van der Waals surface area contributed by atoms with E-state index in [1.54, 1.807) is 12.1 Å². The number of nitrogens with two attached hydrogens (primary N) is 1. The quantitative estimate of drug-likeness (QED) is 0.410. The normalized spacial score (nSPS) is 11.6. The van der Waals surface area contributed by atoms with Crippen LogP contribution in [0.2, 0.25) is 0 Å². The van der Waals surface area contributed by atoms with Crippen LogP contribution in [0.1, 0.15) is 6.42 Å². The highest BCUT2D eigenvalue weighted by molar-refractivity contribution is 7.89. The number of rotatable bonds is 9. The van der Waals surface area contributed by atoms with Gasteiger partial charge in [0.15, 0.2) is 0 Å². The van der Waals surface area contributed by atoms with E-state index in [9.17, 15) is 8.42 Å². The lowest BCUT2D eigenvalue weighted by atomic mass is 10.2. The van der Waals surface area contributed by atoms with E-state index in [2.05, 4.69) is 11.9 Å². The van der Waals surface area contributed by atoms with E-state index in [0.717, 1.165) is 10.7 Å². The van der Waals surface area contributed by atoms with Gasteiger partial charge in [-0.15, -0.1) is 6.58 Å². The van der Waals surface area contributed by atoms with Crippen molar-refractivity contribution in [2.24, 2.45) is 0 Å². The lowest BCUT2D eigenvalue weighted by Crippen LogP contribution is -2.22. The Morgan fingerprint density at radius 1 is 1.38 bits per heavy atom. The molecule has 3 N–H and O–H groups in total. The molecule has 0 aliphatic carbocycles. The largest absolute Gasteiger partial charge is 0.397 e. The molecule has 0 heterocycles. The lowest BCUT2D eigenvalue weighted by Gasteiger charge is -2.14. The van der Waals surface area contributed by atoms with Crippen LogP contribution in [0.3, 0.4) is 0 Å². The summed E-state index contributed by atoms with van der Waals surface area (Å²) in [4.78, 5) is 0.179. The Kier molecular flexibility index (Phi) is 6.67. The van der Waals surface area contributed by atoms with Gasteiger partial charge in [0, 0.05) is 20.6 Å². The van der Waals surface area contributed by atoms with Crippen molar-refractivity contribution < 1.29 is 13.2 Å². The van der Waals surface area contributed by atoms with Crippen LogP contribution in [0.15, 0.2) is 35.7 Å². The summed E-state index contributed by atoms with van der Waals surface area (Å²) in [5.74, 6) is 0. The number of sulfonamides is 1. The molecule has 21 heavy (non-hydrogen) atoms. The molecule has 6 nitrogen and oxygen atoms in total. The Labute approximate surface area is 126 Å². The van der Waals surface area contributed by atoms with Crippen molar-refractivity contribution in [1.29, 1.82) is 0 Å². The minimum absolute atomic E-state index is 0.179. The highest BCUT2D eigenvalue weighted by Crippen LogP contribution is 2.23. The number of benzene rings is 1. The Morgan fingerprint density at radius 2 is 2.10 bits per heavy atom. The Balaban J connectivity index is 2.61. The zero-order chi connectivity index (χ0) is 15.9. The summed E-state index contributed by atoms with van der Waals surface area (Å²) in [6.07, 6.45) is 2.62. The van der Waals surface area contributed by atoms with Crippen molar-refractivity contribution in [2.75, 3.05) is 44.9 Å². The van der Waals surface area contributed by atoms with E-state index in [4.69, 9.17) is 10.5 Å². The third kappa shape index (κ3) is 5.04. The first-order chi connectivity index (χ1) is 9.89. The maximum Gasteiger partial charge on any atom is 0.242 e. The molecule has 118 valence electrons. The molecule has 0 amide bonds. The van der Waals surface area contributed by atoms with E-state index in [0.29, 0.717) is 31.1 Å². The number of nitrogens with one attached hydrogen (secondary N) is 1. The predicted molar refractivity (Wildman–Crippen MR) is 85.8 cm³/mol. The molecule has 0 fully saturated rings. The fourth-order valence-corrected chi connectivity index (χ4v) is 2.54. The summed E-state index contributed by atoms with van der Waals surface area (Å²) in [6.45, 7) is 5.40. The number of anilines is 2. The van der Waals surface area contributed by atoms with Crippen molar-refractivity contribution >= 4 is 21.4 Å². The monoisotopic (exact) mass is 313 g/mol. The standard InChI is InChI=1S/C14H23N3O3S/c1-4-5-9-20-10-8-16-14-7-6-12(11-13(14)15)21(18,19)17(2)3/h4,6-7,11,16H,1,5,8-10,15H2,2-3H3. The van der Waals surface area contributed by atoms with Crippen molar-refractivity contribution in [3.8, 4) is 0 Å². The molecule has 1 aromatic rings. The predicted octanol–water partition coefficient (Wildman–Crippen LogP) is 1.52. The van der Waals surface area contributed by atoms with Gasteiger partial charge in [0.05, 0.1) is 29.5 Å². The average molecular weight is 313 g/mol. The van der Waals surface area contributed by atoms with Crippen LogP contribution in [-0.2, 0) is 14.8 Å². The zero-order valence-electron chi connectivity index (χ0n) is 12.5. The topological polar surface area (TPSA) is 84.7 Å². The molecule has 1 aromatic carbocycles. The average Bonchev–Trinajstić information content (AvgIpc) is 2.43. The van der Waals surface area contributed by atoms with Gasteiger partial charge in [0.1, 0.15) is 0 Å². The third-order valence-electron chi connectivity index (χ3n) is 2.83. The van der Waals surface area contributed by atoms with Crippen LogP contribution in [-0.4, -0.2) is 46.6 Å². The van der Waals surface area contributed by atoms with Crippen molar-refractivity contribution in [1.82, 2.24) is 4.31 Å². The Hall–Kier alpha value is -1.57. The number of hydrogen-bond acceptors (Lipinski definition) is 5. The fraction of sp³-hybridized carbons (Fsp3) is 0.429. The number of nitrogen functional groups attached to an aromatic ring is 1. The van der Waals surface area contributed by atoms with E-state index in [1.807, 2.05) is 0 Å². The maximum absolute atomic E-state index is 12.0. The van der Waals surface area contributed by atoms with Crippen LogP contribution in [0.5, 0.6) is 0 Å². The highest BCUT2D eigenvalue weighted by Gasteiger charge is 2.17. The second-order valence-electron chi connectivity index (χ2n) is 4.65. The van der Waals surface area contributed by atoms with Gasteiger partial charge in [-0.1, -0.05) is 6.08 Å². The fourth-order valence-electron chi connectivity index (χ4n) is 1.60. The summed E-state index contributed by atoms with van der Waals surface area (Å²) in [7, 11) is -0.491. The Morgan fingerprint density at radius 3 is 2.67 bits per heavy atom. The number of nitrogens with zero attached hydrogens (tertiary/aromatic N) is 1. The minimum atomic E-state index is -3.46. The van der Waals surface area contributed by atoms with Crippen molar-refractivity contribution in [3.05, 3.63) is 30.9 Å². The summed E-state index contributed by atoms with van der Waals surface area (Å²) in [5, 5.41) is 3.11. The molecule has 0 saturated heterocycles. The van der Waals surface area contributed by atoms with Crippen LogP contribution in [0.4, 0.5) is 11.4 Å². The van der Waals surface area contributed by atoms with Gasteiger partial charge in [-0.25, -0.2) is 12.7 Å². The molecule has 0 spiro atoms. The van der Waals surface area contributed by atoms with Gasteiger partial charge in [0.2, 0.25) is 10.0 Å². The van der Waals surface area contributed by atoms with Gasteiger partial charge >= 0.3 is 0 Å². The van der Waals surface area contributed by atoms with Crippen molar-refractivity contribution in [2.45, 2.75) is 11.3 Å². The van der Waals surface area contributed by atoms with E-state index >= 15 is 0 Å². The third-order valence-corrected chi connectivity index (χ3v) is 4.64. The van der Waals surface area contributed by atoms with Crippen molar-refractivity contribution in [3.63, 3.8) is 0 Å². The molecule has 7 heteroatoms. The molecule has 0 aliphatic heterocycles. The molecule has 0 radical (unpaired) electrons. The van der Waals surface area contributed by atoms with E-state index < -0.39 is 10.0 Å². The van der Waals surface area contributed by atoms with E-state index in [-0.39, 0.29) is 4.90 Å². The number of ether oxygens (including phenoxy) is 1. The zero-order valence-corrected chi connectivity index (χ0v) is 13.3. The van der Waals surface area contributed by atoms with Gasteiger partial charge in [-0.2, -0.15) is 0 Å². The summed E-state index contributed by atoms with van der Waals surface area (Å²) in [5.41, 5.74) is 6.97. The lowest BCUT2D eigenvalue weighted by molar-refractivity contribution is 0.149. The minimum Gasteiger partial charge on any atom is -0.397 e. The SMILES string of the molecule is C=CCCOCCNc1ccc(S(=O)(=O)N(C)C)cc1N. The molecular formula is C14H23N3O3S. The second kappa shape index (κ2) is 8.02. The van der Waals surface area contributed by atoms with E-state index in [1.165, 1.54) is 26.2 Å². The first-order valence-electron chi connectivity index (χ1n) is 6.64. The maximum atomic E-state index is 12.0. The molecular weight excluding hydrogens is 290 g/mol. The molecule has 0 unspecified atom stereocenters. The first kappa shape index (κ1) is 17.5. The van der Waals surface area contributed by atoms with Gasteiger partial charge < -0.3 is 15.8 Å². The molecule has 1 rings (SSSR count). The van der Waals surface area contributed by atoms with Gasteiger partial charge in [-0.05, 0) is 24.6 Å². The van der Waals surface area contributed by atoms with Crippen LogP contribution in [0.25, 0.3) is 0 Å². The molecule has 0 saturated carbocycles. The molecule has 0 aromatic heterocycles. The van der Waals surface area contributed by atoms with Crippen LogP contribution < -0.4 is 11.1 Å². The van der Waals surface area contributed by atoms with Gasteiger partial charge in [-0.3, -0.25) is 0 Å². The van der Waals surface area contributed by atoms with Crippen LogP contribution in [0, 0.1) is 0 Å². The summed E-state index contributed by atoms with van der Waals surface area (Å²) in [6, 6.07) is 4.65. The van der Waals surface area contributed by atoms with Gasteiger partial charge in [0.25, 0.3) is 0 Å². The smallest absolute Gasteiger partial charge is 0.242 e. The van der Waals surface area contributed by atoms with Crippen LogP contribution >= 0.6 is 0 Å². The first-order valence-corrected chi connectivity index (χ1v) is 8.08. The Bertz CT molecular complexity index is 571. The summed E-state index contributed by atoms with van der Waals surface area (Å²) < 4.78 is 30.5.